The fourth-order valence-corrected chi connectivity index (χ4v) is 2.50. The molecule has 0 saturated carbocycles. The van der Waals surface area contributed by atoms with Crippen molar-refractivity contribution in [1.82, 2.24) is 10.9 Å². The number of anilines is 1. The van der Waals surface area contributed by atoms with Gasteiger partial charge in [-0.3, -0.25) is 25.2 Å². The second-order valence-corrected chi connectivity index (χ2v) is 6.66. The second-order valence-electron chi connectivity index (χ2n) is 6.66. The van der Waals surface area contributed by atoms with Crippen molar-refractivity contribution in [3.05, 3.63) is 53.6 Å². The van der Waals surface area contributed by atoms with Crippen LogP contribution in [0, 0.1) is 13.8 Å². The number of carbonyl (C=O) groups excluding carboxylic acids is 3. The summed E-state index contributed by atoms with van der Waals surface area (Å²) in [5.41, 5.74) is 7.09. The second kappa shape index (κ2) is 11.5. The maximum absolute atomic E-state index is 12.0. The van der Waals surface area contributed by atoms with Gasteiger partial charge in [-0.15, -0.1) is 0 Å². The highest BCUT2D eigenvalue weighted by Crippen LogP contribution is 2.19. The van der Waals surface area contributed by atoms with Crippen molar-refractivity contribution in [2.75, 3.05) is 18.5 Å². The van der Waals surface area contributed by atoms with Crippen molar-refractivity contribution in [3.8, 4) is 11.5 Å². The first-order chi connectivity index (χ1) is 14.4. The molecule has 0 aliphatic carbocycles. The molecule has 0 spiro atoms. The molecule has 0 aliphatic heterocycles. The summed E-state index contributed by atoms with van der Waals surface area (Å²) in [5.74, 6) is 0.0495. The van der Waals surface area contributed by atoms with Crippen LogP contribution in [0.2, 0.25) is 0 Å². The molecule has 30 heavy (non-hydrogen) atoms. The largest absolute Gasteiger partial charge is 0.494 e. The Morgan fingerprint density at radius 3 is 2.20 bits per heavy atom. The van der Waals surface area contributed by atoms with Crippen molar-refractivity contribution in [2.45, 2.75) is 33.6 Å². The van der Waals surface area contributed by atoms with E-state index in [-0.39, 0.29) is 25.4 Å². The molecule has 0 fully saturated rings. The highest BCUT2D eigenvalue weighted by atomic mass is 16.5. The number of rotatable bonds is 9. The minimum Gasteiger partial charge on any atom is -0.494 e. The molecule has 2 aromatic carbocycles. The Balaban J connectivity index is 1.65. The van der Waals surface area contributed by atoms with Crippen molar-refractivity contribution < 1.29 is 23.9 Å². The topological polar surface area (TPSA) is 106 Å². The zero-order valence-corrected chi connectivity index (χ0v) is 17.4. The summed E-state index contributed by atoms with van der Waals surface area (Å²) in [7, 11) is 0. The quantitative estimate of drug-likeness (QED) is 0.548. The van der Waals surface area contributed by atoms with E-state index in [4.69, 9.17) is 9.47 Å². The summed E-state index contributed by atoms with van der Waals surface area (Å²) in [6.07, 6.45) is -0.0884. The third-order valence-corrected chi connectivity index (χ3v) is 4.07. The van der Waals surface area contributed by atoms with Crippen molar-refractivity contribution in [1.29, 1.82) is 0 Å². The van der Waals surface area contributed by atoms with E-state index in [1.54, 1.807) is 24.3 Å². The summed E-state index contributed by atoms with van der Waals surface area (Å²) in [5, 5.41) is 2.70. The molecule has 0 radical (unpaired) electrons. The summed E-state index contributed by atoms with van der Waals surface area (Å²) < 4.78 is 10.8. The van der Waals surface area contributed by atoms with Crippen LogP contribution in [0.25, 0.3) is 0 Å². The first-order valence-electron chi connectivity index (χ1n) is 9.68. The maximum atomic E-state index is 12.0. The fraction of sp³-hybridized carbons (Fsp3) is 0.318. The van der Waals surface area contributed by atoms with Gasteiger partial charge in [-0.05, 0) is 62.2 Å². The summed E-state index contributed by atoms with van der Waals surface area (Å²) in [4.78, 5) is 35.6. The Kier molecular flexibility index (Phi) is 8.68. The Morgan fingerprint density at radius 2 is 1.50 bits per heavy atom. The van der Waals surface area contributed by atoms with Crippen LogP contribution in [0.3, 0.4) is 0 Å². The lowest BCUT2D eigenvalue weighted by molar-refractivity contribution is -0.130. The fourth-order valence-electron chi connectivity index (χ4n) is 2.50. The van der Waals surface area contributed by atoms with Gasteiger partial charge in [0, 0.05) is 18.5 Å². The molecular formula is C22H27N3O5. The van der Waals surface area contributed by atoms with E-state index in [1.807, 2.05) is 39.0 Å². The number of carbonyl (C=O) groups is 3. The standard InChI is InChI=1S/C22H27N3O5/c1-4-29-18-9-7-17(8-10-18)23-20(26)11-12-21(27)24-25-22(28)14-30-19-13-15(2)5-6-16(19)3/h5-10,13H,4,11-12,14H2,1-3H3,(H,23,26)(H,24,27)(H,25,28). The molecule has 0 atom stereocenters. The number of benzene rings is 2. The molecule has 8 heteroatoms. The highest BCUT2D eigenvalue weighted by Gasteiger charge is 2.10. The Bertz CT molecular complexity index is 881. The SMILES string of the molecule is CCOc1ccc(NC(=O)CCC(=O)NNC(=O)COc2cc(C)ccc2C)cc1. The van der Waals surface area contributed by atoms with E-state index >= 15 is 0 Å². The Morgan fingerprint density at radius 1 is 0.833 bits per heavy atom. The van der Waals surface area contributed by atoms with Crippen LogP contribution in [0.5, 0.6) is 11.5 Å². The smallest absolute Gasteiger partial charge is 0.276 e. The zero-order chi connectivity index (χ0) is 21.9. The molecule has 0 aromatic heterocycles. The van der Waals surface area contributed by atoms with Gasteiger partial charge < -0.3 is 14.8 Å². The molecule has 8 nitrogen and oxygen atoms in total. The highest BCUT2D eigenvalue weighted by molar-refractivity contribution is 5.93. The van der Waals surface area contributed by atoms with Gasteiger partial charge in [0.05, 0.1) is 6.61 Å². The lowest BCUT2D eigenvalue weighted by Gasteiger charge is -2.11. The minimum absolute atomic E-state index is 0.0199. The molecule has 0 heterocycles. The van der Waals surface area contributed by atoms with Crippen LogP contribution in [0.1, 0.15) is 30.9 Å². The van der Waals surface area contributed by atoms with E-state index in [2.05, 4.69) is 16.2 Å². The van der Waals surface area contributed by atoms with Crippen molar-refractivity contribution >= 4 is 23.4 Å². The molecule has 0 saturated heterocycles. The number of hydrazine groups is 1. The van der Waals surface area contributed by atoms with Gasteiger partial charge in [0.2, 0.25) is 11.8 Å². The maximum Gasteiger partial charge on any atom is 0.276 e. The zero-order valence-electron chi connectivity index (χ0n) is 17.4. The van der Waals surface area contributed by atoms with Gasteiger partial charge in [-0.2, -0.15) is 0 Å². The van der Waals surface area contributed by atoms with Crippen LogP contribution in [0.15, 0.2) is 42.5 Å². The molecule has 3 amide bonds. The van der Waals surface area contributed by atoms with E-state index < -0.39 is 11.8 Å². The third kappa shape index (κ3) is 7.83. The minimum atomic E-state index is -0.497. The number of amides is 3. The number of ether oxygens (including phenoxy) is 2. The van der Waals surface area contributed by atoms with Crippen molar-refractivity contribution in [2.24, 2.45) is 0 Å². The molecule has 2 aromatic rings. The third-order valence-electron chi connectivity index (χ3n) is 4.07. The van der Waals surface area contributed by atoms with E-state index in [0.29, 0.717) is 23.8 Å². The summed E-state index contributed by atoms with van der Waals surface area (Å²) >= 11 is 0. The Labute approximate surface area is 175 Å². The monoisotopic (exact) mass is 413 g/mol. The van der Waals surface area contributed by atoms with E-state index in [1.165, 1.54) is 0 Å². The first kappa shape index (κ1) is 22.7. The number of hydrogen-bond acceptors (Lipinski definition) is 5. The average Bonchev–Trinajstić information content (AvgIpc) is 2.73. The molecular weight excluding hydrogens is 386 g/mol. The molecule has 2 rings (SSSR count). The lowest BCUT2D eigenvalue weighted by Crippen LogP contribution is -2.44. The lowest BCUT2D eigenvalue weighted by atomic mass is 10.1. The number of nitrogens with one attached hydrogen (secondary N) is 3. The molecule has 0 bridgehead atoms. The van der Waals surface area contributed by atoms with Gasteiger partial charge in [-0.25, -0.2) is 0 Å². The first-order valence-corrected chi connectivity index (χ1v) is 9.68. The summed E-state index contributed by atoms with van der Waals surface area (Å²) in [6.45, 7) is 6.03. The number of aryl methyl sites for hydroxylation is 2. The van der Waals surface area contributed by atoms with Gasteiger partial charge in [0.1, 0.15) is 11.5 Å². The molecule has 0 aliphatic rings. The number of hydrogen-bond donors (Lipinski definition) is 3. The Hall–Kier alpha value is -3.55. The van der Waals surface area contributed by atoms with Crippen LogP contribution >= 0.6 is 0 Å². The predicted molar refractivity (Wildman–Crippen MR) is 113 cm³/mol. The summed E-state index contributed by atoms with van der Waals surface area (Å²) in [6, 6.07) is 12.6. The van der Waals surface area contributed by atoms with Gasteiger partial charge >= 0.3 is 0 Å². The predicted octanol–water partition coefficient (Wildman–Crippen LogP) is 2.65. The van der Waals surface area contributed by atoms with E-state index in [0.717, 1.165) is 11.1 Å². The molecule has 160 valence electrons. The van der Waals surface area contributed by atoms with Gasteiger partial charge in [-0.1, -0.05) is 12.1 Å². The average molecular weight is 413 g/mol. The van der Waals surface area contributed by atoms with Gasteiger partial charge in [0.25, 0.3) is 5.91 Å². The van der Waals surface area contributed by atoms with E-state index in [9.17, 15) is 14.4 Å². The molecule has 3 N–H and O–H groups in total. The molecule has 0 unspecified atom stereocenters. The normalized spacial score (nSPS) is 10.1. The van der Waals surface area contributed by atoms with Crippen molar-refractivity contribution in [3.63, 3.8) is 0 Å². The van der Waals surface area contributed by atoms with Crippen LogP contribution in [-0.2, 0) is 14.4 Å². The van der Waals surface area contributed by atoms with Crippen LogP contribution in [-0.4, -0.2) is 30.9 Å². The van der Waals surface area contributed by atoms with Crippen LogP contribution < -0.4 is 25.6 Å². The van der Waals surface area contributed by atoms with Gasteiger partial charge in [0.15, 0.2) is 6.61 Å². The van der Waals surface area contributed by atoms with Crippen LogP contribution in [0.4, 0.5) is 5.69 Å².